The molecule has 0 amide bonds. The Bertz CT molecular complexity index is 405. The van der Waals surface area contributed by atoms with E-state index in [1.165, 1.54) is 6.92 Å². The number of nitrogen functional groups attached to an aromatic ring is 1. The van der Waals surface area contributed by atoms with Gasteiger partial charge in [0, 0.05) is 19.5 Å². The fraction of sp³-hybridized carbons (Fsp3) is 0.455. The molecule has 1 heterocycles. The summed E-state index contributed by atoms with van der Waals surface area (Å²) < 4.78 is 1.58. The Morgan fingerprint density at radius 3 is 2.53 bits per heavy atom. The third-order valence-electron chi connectivity index (χ3n) is 2.53. The molecule has 4 nitrogen and oxygen atoms in total. The summed E-state index contributed by atoms with van der Waals surface area (Å²) in [6.45, 7) is 3.46. The second kappa shape index (κ2) is 4.29. The van der Waals surface area contributed by atoms with Gasteiger partial charge in [-0.15, -0.1) is 0 Å². The van der Waals surface area contributed by atoms with Gasteiger partial charge >= 0.3 is 0 Å². The van der Waals surface area contributed by atoms with Crippen LogP contribution >= 0.6 is 0 Å². The van der Waals surface area contributed by atoms with Crippen molar-refractivity contribution in [3.8, 4) is 0 Å². The fourth-order valence-corrected chi connectivity index (χ4v) is 1.87. The third-order valence-corrected chi connectivity index (χ3v) is 2.53. The van der Waals surface area contributed by atoms with Crippen LogP contribution in [0, 0.1) is 0 Å². The van der Waals surface area contributed by atoms with Crippen molar-refractivity contribution in [1.82, 2.24) is 4.57 Å². The molecule has 0 aliphatic heterocycles. The minimum absolute atomic E-state index is 0.111. The maximum absolute atomic E-state index is 11.4. The molecule has 0 saturated heterocycles. The summed E-state index contributed by atoms with van der Waals surface area (Å²) in [6.07, 6.45) is 2.38. The molecule has 0 atom stereocenters. The van der Waals surface area contributed by atoms with Crippen molar-refractivity contribution in [2.45, 2.75) is 26.7 Å². The van der Waals surface area contributed by atoms with E-state index < -0.39 is 0 Å². The lowest BCUT2D eigenvalue weighted by Gasteiger charge is -2.00. The molecule has 4 heteroatoms. The first-order chi connectivity index (χ1) is 7.04. The molecule has 0 radical (unpaired) electrons. The van der Waals surface area contributed by atoms with Crippen LogP contribution in [0.25, 0.3) is 0 Å². The number of rotatable bonds is 4. The SMILES string of the molecule is CCCc1c(N)c(C(C)=O)n(C)c1C=O. The Morgan fingerprint density at radius 1 is 1.53 bits per heavy atom. The molecule has 0 aromatic carbocycles. The first-order valence-corrected chi connectivity index (χ1v) is 4.97. The number of carbonyl (C=O) groups excluding carboxylic acids is 2. The van der Waals surface area contributed by atoms with Crippen LogP contribution < -0.4 is 5.73 Å². The van der Waals surface area contributed by atoms with Gasteiger partial charge in [-0.25, -0.2) is 0 Å². The van der Waals surface area contributed by atoms with Gasteiger partial charge in [0.1, 0.15) is 5.69 Å². The second-order valence-corrected chi connectivity index (χ2v) is 3.61. The lowest BCUT2D eigenvalue weighted by Crippen LogP contribution is -2.06. The number of aromatic nitrogens is 1. The number of aldehydes is 1. The fourth-order valence-electron chi connectivity index (χ4n) is 1.87. The Kier molecular flexibility index (Phi) is 3.29. The van der Waals surface area contributed by atoms with E-state index in [-0.39, 0.29) is 5.78 Å². The number of anilines is 1. The molecular weight excluding hydrogens is 192 g/mol. The lowest BCUT2D eigenvalue weighted by atomic mass is 10.1. The highest BCUT2D eigenvalue weighted by atomic mass is 16.1. The van der Waals surface area contributed by atoms with Crippen LogP contribution in [0.15, 0.2) is 0 Å². The van der Waals surface area contributed by atoms with E-state index in [2.05, 4.69) is 0 Å². The summed E-state index contributed by atoms with van der Waals surface area (Å²) in [5.41, 5.74) is 8.06. The summed E-state index contributed by atoms with van der Waals surface area (Å²) in [5.74, 6) is -0.111. The average Bonchev–Trinajstić information content (AvgIpc) is 2.39. The molecule has 0 bridgehead atoms. The quantitative estimate of drug-likeness (QED) is 0.603. The van der Waals surface area contributed by atoms with Crippen LogP contribution in [0.4, 0.5) is 5.69 Å². The van der Waals surface area contributed by atoms with Gasteiger partial charge in [-0.3, -0.25) is 9.59 Å². The molecule has 0 fully saturated rings. The molecule has 82 valence electrons. The zero-order valence-corrected chi connectivity index (χ0v) is 9.33. The number of nitrogens with two attached hydrogens (primary N) is 1. The number of hydrogen-bond donors (Lipinski definition) is 1. The zero-order valence-electron chi connectivity index (χ0n) is 9.33. The van der Waals surface area contributed by atoms with Crippen LogP contribution in [-0.2, 0) is 13.5 Å². The highest BCUT2D eigenvalue weighted by Gasteiger charge is 2.20. The monoisotopic (exact) mass is 208 g/mol. The third kappa shape index (κ3) is 1.79. The van der Waals surface area contributed by atoms with E-state index >= 15 is 0 Å². The molecule has 15 heavy (non-hydrogen) atoms. The predicted molar refractivity (Wildman–Crippen MR) is 59.2 cm³/mol. The second-order valence-electron chi connectivity index (χ2n) is 3.61. The van der Waals surface area contributed by atoms with Gasteiger partial charge in [0.25, 0.3) is 0 Å². The van der Waals surface area contributed by atoms with E-state index in [1.54, 1.807) is 11.6 Å². The Morgan fingerprint density at radius 2 is 2.13 bits per heavy atom. The highest BCUT2D eigenvalue weighted by Crippen LogP contribution is 2.25. The molecule has 0 saturated carbocycles. The van der Waals surface area contributed by atoms with E-state index in [0.29, 0.717) is 17.1 Å². The normalized spacial score (nSPS) is 10.3. The van der Waals surface area contributed by atoms with Gasteiger partial charge in [-0.2, -0.15) is 0 Å². The standard InChI is InChI=1S/C11H16N2O2/c1-4-5-8-9(6-14)13(3)11(7(2)15)10(8)12/h6H,4-5,12H2,1-3H3. The largest absolute Gasteiger partial charge is 0.397 e. The molecule has 0 unspecified atom stereocenters. The molecule has 1 rings (SSSR count). The molecule has 0 aliphatic carbocycles. The van der Waals surface area contributed by atoms with Crippen molar-refractivity contribution in [2.24, 2.45) is 7.05 Å². The minimum atomic E-state index is -0.111. The Hall–Kier alpha value is -1.58. The molecule has 1 aromatic rings. The van der Waals surface area contributed by atoms with Crippen LogP contribution in [0.3, 0.4) is 0 Å². The van der Waals surface area contributed by atoms with Gasteiger partial charge in [-0.1, -0.05) is 13.3 Å². The van der Waals surface area contributed by atoms with Gasteiger partial charge in [0.05, 0.1) is 11.4 Å². The van der Waals surface area contributed by atoms with Gasteiger partial charge in [-0.05, 0) is 6.42 Å². The number of Topliss-reactive ketones (excluding diaryl/α,β-unsaturated/α-hetero) is 1. The van der Waals surface area contributed by atoms with Gasteiger partial charge in [0.15, 0.2) is 12.1 Å². The lowest BCUT2D eigenvalue weighted by molar-refractivity contribution is 0.101. The van der Waals surface area contributed by atoms with Gasteiger partial charge in [0.2, 0.25) is 0 Å². The highest BCUT2D eigenvalue weighted by molar-refractivity contribution is 6.00. The summed E-state index contributed by atoms with van der Waals surface area (Å²) >= 11 is 0. The summed E-state index contributed by atoms with van der Waals surface area (Å²) in [5, 5.41) is 0. The van der Waals surface area contributed by atoms with Crippen LogP contribution in [-0.4, -0.2) is 16.6 Å². The summed E-state index contributed by atoms with van der Waals surface area (Å²) in [6, 6.07) is 0. The number of ketones is 1. The molecular formula is C11H16N2O2. The topological polar surface area (TPSA) is 65.1 Å². The van der Waals surface area contributed by atoms with Crippen molar-refractivity contribution < 1.29 is 9.59 Å². The molecule has 0 spiro atoms. The van der Waals surface area contributed by atoms with Crippen LogP contribution in [0.5, 0.6) is 0 Å². The Balaban J connectivity index is 3.44. The maximum Gasteiger partial charge on any atom is 0.178 e. The van der Waals surface area contributed by atoms with E-state index in [9.17, 15) is 9.59 Å². The maximum atomic E-state index is 11.4. The van der Waals surface area contributed by atoms with Crippen LogP contribution in [0.1, 0.15) is 46.8 Å². The number of nitrogens with zero attached hydrogens (tertiary/aromatic N) is 1. The molecule has 1 aromatic heterocycles. The number of hydrogen-bond acceptors (Lipinski definition) is 3. The van der Waals surface area contributed by atoms with Crippen molar-refractivity contribution in [3.63, 3.8) is 0 Å². The van der Waals surface area contributed by atoms with E-state index in [1.807, 2.05) is 6.92 Å². The zero-order chi connectivity index (χ0) is 11.6. The van der Waals surface area contributed by atoms with Crippen molar-refractivity contribution in [1.29, 1.82) is 0 Å². The first-order valence-electron chi connectivity index (χ1n) is 4.97. The van der Waals surface area contributed by atoms with E-state index in [0.717, 1.165) is 24.7 Å². The average molecular weight is 208 g/mol. The predicted octanol–water partition coefficient (Wildman–Crippen LogP) is 1.57. The van der Waals surface area contributed by atoms with Crippen LogP contribution in [0.2, 0.25) is 0 Å². The smallest absolute Gasteiger partial charge is 0.178 e. The van der Waals surface area contributed by atoms with Crippen molar-refractivity contribution >= 4 is 17.8 Å². The summed E-state index contributed by atoms with van der Waals surface area (Å²) in [7, 11) is 1.69. The first kappa shape index (κ1) is 11.5. The molecule has 2 N–H and O–H groups in total. The van der Waals surface area contributed by atoms with Crippen molar-refractivity contribution in [2.75, 3.05) is 5.73 Å². The number of carbonyl (C=O) groups is 2. The van der Waals surface area contributed by atoms with E-state index in [4.69, 9.17) is 5.73 Å². The minimum Gasteiger partial charge on any atom is -0.397 e. The Labute approximate surface area is 89.1 Å². The van der Waals surface area contributed by atoms with Gasteiger partial charge < -0.3 is 10.3 Å². The summed E-state index contributed by atoms with van der Waals surface area (Å²) in [4.78, 5) is 22.3. The van der Waals surface area contributed by atoms with Crippen molar-refractivity contribution in [3.05, 3.63) is 17.0 Å². The molecule has 0 aliphatic rings.